The number of thioether (sulfide) groups is 1. The normalized spacial score (nSPS) is 13.5. The zero-order valence-electron chi connectivity index (χ0n) is 20.4. The van der Waals surface area contributed by atoms with E-state index in [1.807, 2.05) is 13.8 Å². The van der Waals surface area contributed by atoms with Crippen molar-refractivity contribution in [3.8, 4) is 11.5 Å². The van der Waals surface area contributed by atoms with Crippen LogP contribution in [0.5, 0.6) is 11.5 Å². The number of nitrogens with zero attached hydrogens (tertiary/aromatic N) is 3. The first-order valence-corrected chi connectivity index (χ1v) is 12.7. The third-order valence-corrected chi connectivity index (χ3v) is 6.98. The van der Waals surface area contributed by atoms with Crippen molar-refractivity contribution in [2.45, 2.75) is 31.2 Å². The van der Waals surface area contributed by atoms with Crippen LogP contribution in [-0.2, 0) is 18.0 Å². The lowest BCUT2D eigenvalue weighted by atomic mass is 10.0. The second-order valence-electron chi connectivity index (χ2n) is 8.69. The van der Waals surface area contributed by atoms with E-state index >= 15 is 0 Å². The van der Waals surface area contributed by atoms with Gasteiger partial charge in [-0.25, -0.2) is 0 Å². The van der Waals surface area contributed by atoms with E-state index in [0.29, 0.717) is 28.0 Å². The van der Waals surface area contributed by atoms with E-state index in [0.717, 1.165) is 30.0 Å². The number of halogens is 4. The Balaban J connectivity index is 1.42. The van der Waals surface area contributed by atoms with Crippen molar-refractivity contribution in [2.24, 2.45) is 13.0 Å². The third kappa shape index (κ3) is 6.16. The predicted molar refractivity (Wildman–Crippen MR) is 134 cm³/mol. The van der Waals surface area contributed by atoms with Crippen LogP contribution in [0.15, 0.2) is 41.6 Å². The monoisotopic (exact) mass is 569 g/mol. The maximum atomic E-state index is 13.0. The summed E-state index contributed by atoms with van der Waals surface area (Å²) in [7, 11) is 1.70. The molecule has 14 heteroatoms. The zero-order chi connectivity index (χ0) is 27.6. The largest absolute Gasteiger partial charge is 0.454 e. The van der Waals surface area contributed by atoms with E-state index in [2.05, 4.69) is 20.8 Å². The lowest BCUT2D eigenvalue weighted by Crippen LogP contribution is -2.33. The highest BCUT2D eigenvalue weighted by molar-refractivity contribution is 7.99. The molecular formula is C24H23ClF3N5O4S. The highest BCUT2D eigenvalue weighted by Gasteiger charge is 2.31. The number of nitrogens with one attached hydrogen (secondary N) is 2. The van der Waals surface area contributed by atoms with Gasteiger partial charge < -0.3 is 24.7 Å². The Kier molecular flexibility index (Phi) is 8.07. The van der Waals surface area contributed by atoms with Crippen molar-refractivity contribution < 1.29 is 32.2 Å². The highest BCUT2D eigenvalue weighted by Crippen LogP contribution is 2.35. The molecule has 9 nitrogen and oxygen atoms in total. The SMILES string of the molecule is CC(C)C(NC(=O)c1ccc2c(c1)OCO2)c1nnc(SCC(=O)Nc2cc(C(F)(F)F)ccc2Cl)n1C. The van der Waals surface area contributed by atoms with Crippen LogP contribution in [0, 0.1) is 5.92 Å². The van der Waals surface area contributed by atoms with Crippen molar-refractivity contribution in [1.29, 1.82) is 0 Å². The van der Waals surface area contributed by atoms with Crippen LogP contribution in [0.3, 0.4) is 0 Å². The molecule has 1 aliphatic heterocycles. The number of carbonyl (C=O) groups excluding carboxylic acids is 2. The number of carbonyl (C=O) groups is 2. The predicted octanol–water partition coefficient (Wildman–Crippen LogP) is 5.07. The number of amides is 2. The molecule has 0 radical (unpaired) electrons. The number of ether oxygens (including phenoxy) is 2. The van der Waals surface area contributed by atoms with Crippen LogP contribution in [-0.4, -0.2) is 39.1 Å². The van der Waals surface area contributed by atoms with Gasteiger partial charge in [-0.1, -0.05) is 37.2 Å². The summed E-state index contributed by atoms with van der Waals surface area (Å²) in [5, 5.41) is 14.1. The Morgan fingerprint density at radius 3 is 2.58 bits per heavy atom. The molecule has 0 bridgehead atoms. The maximum Gasteiger partial charge on any atom is 0.416 e. The van der Waals surface area contributed by atoms with Crippen molar-refractivity contribution in [3.05, 3.63) is 58.4 Å². The number of fused-ring (bicyclic) bond motifs is 1. The standard InChI is InChI=1S/C24H23ClF3N5O4S/c1-12(2)20(30-22(35)13-4-7-17-18(8-13)37-11-36-17)21-31-32-23(33(21)3)38-10-19(34)29-16-9-14(24(26,27)28)5-6-15(16)25/h4-9,12,20H,10-11H2,1-3H3,(H,29,34)(H,30,35). The number of hydrogen-bond donors (Lipinski definition) is 2. The third-order valence-electron chi connectivity index (χ3n) is 5.63. The smallest absolute Gasteiger partial charge is 0.416 e. The fourth-order valence-corrected chi connectivity index (χ4v) is 4.51. The molecule has 0 fully saturated rings. The summed E-state index contributed by atoms with van der Waals surface area (Å²) in [6.45, 7) is 3.93. The van der Waals surface area contributed by atoms with Crippen molar-refractivity contribution in [1.82, 2.24) is 20.1 Å². The minimum Gasteiger partial charge on any atom is -0.454 e. The molecule has 2 N–H and O–H groups in total. The maximum absolute atomic E-state index is 13.0. The van der Waals surface area contributed by atoms with Gasteiger partial charge in [0.2, 0.25) is 12.7 Å². The quantitative estimate of drug-likeness (QED) is 0.365. The fourth-order valence-electron chi connectivity index (χ4n) is 3.63. The molecule has 38 heavy (non-hydrogen) atoms. The molecule has 0 aliphatic carbocycles. The van der Waals surface area contributed by atoms with Gasteiger partial charge >= 0.3 is 6.18 Å². The Hall–Kier alpha value is -3.45. The molecule has 1 atom stereocenters. The van der Waals surface area contributed by atoms with Gasteiger partial charge in [-0.05, 0) is 42.3 Å². The van der Waals surface area contributed by atoms with E-state index in [1.54, 1.807) is 29.8 Å². The Bertz CT molecular complexity index is 1370. The molecule has 0 saturated heterocycles. The minimum atomic E-state index is -4.57. The first-order chi connectivity index (χ1) is 17.9. The van der Waals surface area contributed by atoms with Gasteiger partial charge in [0.25, 0.3) is 5.91 Å². The summed E-state index contributed by atoms with van der Waals surface area (Å²) < 4.78 is 51.2. The number of anilines is 1. The van der Waals surface area contributed by atoms with Crippen molar-refractivity contribution in [2.75, 3.05) is 17.9 Å². The summed E-state index contributed by atoms with van der Waals surface area (Å²) in [6.07, 6.45) is -4.57. The molecule has 1 aliphatic rings. The summed E-state index contributed by atoms with van der Waals surface area (Å²) >= 11 is 6.99. The van der Waals surface area contributed by atoms with Gasteiger partial charge in [-0.15, -0.1) is 10.2 Å². The van der Waals surface area contributed by atoms with E-state index in [4.69, 9.17) is 21.1 Å². The average Bonchev–Trinajstić information content (AvgIpc) is 3.47. The number of hydrogen-bond acceptors (Lipinski definition) is 7. The van der Waals surface area contributed by atoms with Gasteiger partial charge in [-0.3, -0.25) is 9.59 Å². The molecule has 0 spiro atoms. The van der Waals surface area contributed by atoms with Crippen molar-refractivity contribution in [3.63, 3.8) is 0 Å². The summed E-state index contributed by atoms with van der Waals surface area (Å²) in [4.78, 5) is 25.4. The van der Waals surface area contributed by atoms with E-state index in [-0.39, 0.29) is 35.1 Å². The lowest BCUT2D eigenvalue weighted by molar-refractivity contribution is -0.137. The van der Waals surface area contributed by atoms with Crippen LogP contribution in [0.25, 0.3) is 0 Å². The van der Waals surface area contributed by atoms with Gasteiger partial charge in [-0.2, -0.15) is 13.2 Å². The summed E-state index contributed by atoms with van der Waals surface area (Å²) in [5.74, 6) is 0.401. The van der Waals surface area contributed by atoms with Crippen LogP contribution in [0.1, 0.15) is 41.6 Å². The second-order valence-corrected chi connectivity index (χ2v) is 10.0. The minimum absolute atomic E-state index is 0.0183. The van der Waals surface area contributed by atoms with Gasteiger partial charge in [0, 0.05) is 12.6 Å². The molecule has 2 aromatic carbocycles. The second kappa shape index (κ2) is 11.1. The van der Waals surface area contributed by atoms with Crippen LogP contribution >= 0.6 is 23.4 Å². The fraction of sp³-hybridized carbons (Fsp3) is 0.333. The molecule has 202 valence electrons. The zero-order valence-corrected chi connectivity index (χ0v) is 22.0. The number of rotatable bonds is 8. The van der Waals surface area contributed by atoms with E-state index in [9.17, 15) is 22.8 Å². The molecule has 3 aromatic rings. The molecule has 0 saturated carbocycles. The Labute approximate surface area is 225 Å². The Morgan fingerprint density at radius 2 is 1.87 bits per heavy atom. The van der Waals surface area contributed by atoms with Crippen LogP contribution in [0.4, 0.5) is 18.9 Å². The topological polar surface area (TPSA) is 107 Å². The first kappa shape index (κ1) is 27.6. The summed E-state index contributed by atoms with van der Waals surface area (Å²) in [6, 6.07) is 7.08. The van der Waals surface area contributed by atoms with E-state index in [1.165, 1.54) is 0 Å². The Morgan fingerprint density at radius 1 is 1.13 bits per heavy atom. The molecule has 2 heterocycles. The van der Waals surface area contributed by atoms with Gasteiger partial charge in [0.05, 0.1) is 28.1 Å². The molecule has 4 rings (SSSR count). The van der Waals surface area contributed by atoms with E-state index < -0.39 is 23.7 Å². The first-order valence-electron chi connectivity index (χ1n) is 11.3. The van der Waals surface area contributed by atoms with Gasteiger partial charge in [0.1, 0.15) is 0 Å². The number of aromatic nitrogens is 3. The van der Waals surface area contributed by atoms with Crippen molar-refractivity contribution >= 4 is 40.9 Å². The lowest BCUT2D eigenvalue weighted by Gasteiger charge is -2.21. The molecule has 1 unspecified atom stereocenters. The number of alkyl halides is 3. The number of benzene rings is 2. The molecule has 1 aromatic heterocycles. The highest BCUT2D eigenvalue weighted by atomic mass is 35.5. The molecule has 2 amide bonds. The summed E-state index contributed by atoms with van der Waals surface area (Å²) in [5.41, 5.74) is -0.677. The van der Waals surface area contributed by atoms with Gasteiger partial charge in [0.15, 0.2) is 22.5 Å². The molecular weight excluding hydrogens is 547 g/mol. The average molecular weight is 570 g/mol. The van der Waals surface area contributed by atoms with Crippen LogP contribution in [0.2, 0.25) is 5.02 Å². The van der Waals surface area contributed by atoms with Crippen LogP contribution < -0.4 is 20.1 Å².